The van der Waals surface area contributed by atoms with E-state index in [9.17, 15) is 24.2 Å². The molecule has 0 bridgehead atoms. The molecule has 0 aromatic heterocycles. The Morgan fingerprint density at radius 3 is 1.42 bits per heavy atom. The van der Waals surface area contributed by atoms with Gasteiger partial charge in [0.05, 0.1) is 0 Å². The average molecular weight is 170 g/mol. The minimum atomic E-state index is -1.75. The van der Waals surface area contributed by atoms with Crippen LogP contribution in [0, 0.1) is 9.81 Å². The van der Waals surface area contributed by atoms with Crippen molar-refractivity contribution in [1.29, 1.82) is 0 Å². The van der Waals surface area contributed by atoms with E-state index in [4.69, 9.17) is 0 Å². The van der Waals surface area contributed by atoms with Crippen molar-refractivity contribution in [3.63, 3.8) is 0 Å². The molecule has 0 radical (unpaired) electrons. The molecule has 7 heteroatoms. The van der Waals surface area contributed by atoms with Crippen molar-refractivity contribution in [3.8, 4) is 0 Å². The molecule has 1 fully saturated rings. The topological polar surface area (TPSA) is 110 Å². The summed E-state index contributed by atoms with van der Waals surface area (Å²) in [6.45, 7) is 0. The Balaban J connectivity index is 3.10. The van der Waals surface area contributed by atoms with E-state index < -0.39 is 29.4 Å². The molecule has 0 amide bonds. The summed E-state index contributed by atoms with van der Waals surface area (Å²) in [6.07, 6.45) is 0. The maximum Gasteiger partial charge on any atom is 0.269 e. The lowest BCUT2D eigenvalue weighted by atomic mass is 10.2. The first-order chi connectivity index (χ1) is 5.63. The van der Waals surface area contributed by atoms with Crippen molar-refractivity contribution in [3.05, 3.63) is 9.81 Å². The Morgan fingerprint density at radius 1 is 0.833 bits per heavy atom. The fraction of sp³-hybridized carbons (Fsp3) is 0.400. The number of hydrogen-bond donors (Lipinski definition) is 0. The highest BCUT2D eigenvalue weighted by molar-refractivity contribution is 6.69. The Labute approximate surface area is 65.1 Å². The average Bonchev–Trinajstić information content (AvgIpc) is 2.29. The summed E-state index contributed by atoms with van der Waals surface area (Å²) in [5.74, 6) is -3.87. The molecule has 7 nitrogen and oxygen atoms in total. The van der Waals surface area contributed by atoms with Crippen molar-refractivity contribution >= 4 is 17.3 Å². The van der Waals surface area contributed by atoms with E-state index in [0.29, 0.717) is 0 Å². The second-order valence-corrected chi connectivity index (χ2v) is 2.16. The molecule has 1 aliphatic rings. The van der Waals surface area contributed by atoms with E-state index in [1.165, 1.54) is 0 Å². The molecule has 1 rings (SSSR count). The molecule has 12 heavy (non-hydrogen) atoms. The van der Waals surface area contributed by atoms with Gasteiger partial charge < -0.3 is 0 Å². The number of nitroso groups, excluding NO2 is 2. The van der Waals surface area contributed by atoms with Gasteiger partial charge in [-0.2, -0.15) is 0 Å². The third-order valence-corrected chi connectivity index (χ3v) is 1.51. The first kappa shape index (κ1) is 8.31. The molecular formula is C5H2N2O5. The Morgan fingerprint density at radius 2 is 1.17 bits per heavy atom. The molecule has 0 aromatic rings. The fourth-order valence-corrected chi connectivity index (χ4v) is 0.888. The number of rotatable bonds is 2. The van der Waals surface area contributed by atoms with E-state index in [0.717, 1.165) is 0 Å². The largest absolute Gasteiger partial charge is 0.288 e. The van der Waals surface area contributed by atoms with Crippen LogP contribution in [0.3, 0.4) is 0 Å². The van der Waals surface area contributed by atoms with Gasteiger partial charge in [-0.05, 0) is 0 Å². The number of hydrogen-bond acceptors (Lipinski definition) is 7. The Hall–Kier alpha value is -1.79. The SMILES string of the molecule is O=NC1C(=O)C(=O)C(=O)C1N=O. The van der Waals surface area contributed by atoms with Crippen LogP contribution in [0.2, 0.25) is 0 Å². The molecule has 0 saturated heterocycles. The van der Waals surface area contributed by atoms with E-state index in [-0.39, 0.29) is 0 Å². The minimum absolute atomic E-state index is 1.25. The standard InChI is InChI=1S/C5H2N2O5/c8-3-1(6-11)2(7-12)4(9)5(3)10/h1-2H. The van der Waals surface area contributed by atoms with Crippen LogP contribution in [0.1, 0.15) is 0 Å². The van der Waals surface area contributed by atoms with Crippen molar-refractivity contribution in [2.75, 3.05) is 0 Å². The zero-order valence-corrected chi connectivity index (χ0v) is 5.59. The molecule has 0 heterocycles. The molecule has 1 saturated carbocycles. The first-order valence-corrected chi connectivity index (χ1v) is 2.90. The lowest BCUT2D eigenvalue weighted by molar-refractivity contribution is -0.140. The van der Waals surface area contributed by atoms with Gasteiger partial charge in [0.15, 0.2) is 12.1 Å². The third-order valence-electron chi connectivity index (χ3n) is 1.51. The zero-order chi connectivity index (χ0) is 9.30. The minimum Gasteiger partial charge on any atom is -0.288 e. The van der Waals surface area contributed by atoms with Crippen LogP contribution in [0.5, 0.6) is 0 Å². The molecule has 0 N–H and O–H groups in total. The number of Topliss-reactive ketones (excluding diaryl/α,β-unsaturated/α-hetero) is 3. The summed E-state index contributed by atoms with van der Waals surface area (Å²) in [4.78, 5) is 51.7. The van der Waals surface area contributed by atoms with Gasteiger partial charge in [-0.1, -0.05) is 10.4 Å². The second-order valence-electron chi connectivity index (χ2n) is 2.16. The molecule has 0 spiro atoms. The quantitative estimate of drug-likeness (QED) is 0.389. The van der Waals surface area contributed by atoms with Crippen molar-refractivity contribution in [2.45, 2.75) is 12.1 Å². The van der Waals surface area contributed by atoms with Gasteiger partial charge in [0, 0.05) is 0 Å². The first-order valence-electron chi connectivity index (χ1n) is 2.90. The van der Waals surface area contributed by atoms with Gasteiger partial charge in [-0.3, -0.25) is 14.4 Å². The molecule has 2 atom stereocenters. The molecule has 1 aliphatic carbocycles. The summed E-state index contributed by atoms with van der Waals surface area (Å²) in [5.41, 5.74) is 0. The van der Waals surface area contributed by atoms with Crippen LogP contribution >= 0.6 is 0 Å². The monoisotopic (exact) mass is 170 g/mol. The van der Waals surface area contributed by atoms with Crippen molar-refractivity contribution in [1.82, 2.24) is 0 Å². The Kier molecular flexibility index (Phi) is 1.86. The van der Waals surface area contributed by atoms with E-state index >= 15 is 0 Å². The molecule has 62 valence electrons. The lowest BCUT2D eigenvalue weighted by Gasteiger charge is -1.95. The van der Waals surface area contributed by atoms with Crippen LogP contribution in [0.25, 0.3) is 0 Å². The highest BCUT2D eigenvalue weighted by Crippen LogP contribution is 2.15. The maximum absolute atomic E-state index is 10.7. The molecule has 0 aromatic carbocycles. The van der Waals surface area contributed by atoms with Crippen LogP contribution < -0.4 is 0 Å². The second kappa shape index (κ2) is 2.68. The van der Waals surface area contributed by atoms with Gasteiger partial charge >= 0.3 is 0 Å². The Bertz CT molecular complexity index is 268. The highest BCUT2D eigenvalue weighted by atomic mass is 16.3. The van der Waals surface area contributed by atoms with Gasteiger partial charge in [0.25, 0.3) is 5.78 Å². The van der Waals surface area contributed by atoms with Gasteiger partial charge in [0.2, 0.25) is 11.6 Å². The molecule has 0 aliphatic heterocycles. The normalized spacial score (nSPS) is 29.2. The smallest absolute Gasteiger partial charge is 0.269 e. The van der Waals surface area contributed by atoms with Crippen LogP contribution in [-0.4, -0.2) is 29.4 Å². The summed E-state index contributed by atoms with van der Waals surface area (Å²) in [5, 5.41) is 4.37. The van der Waals surface area contributed by atoms with E-state index in [1.54, 1.807) is 0 Å². The number of carbonyl (C=O) groups is 3. The number of nitrogens with zero attached hydrogens (tertiary/aromatic N) is 2. The third kappa shape index (κ3) is 0.865. The summed E-state index contributed by atoms with van der Waals surface area (Å²) >= 11 is 0. The van der Waals surface area contributed by atoms with Gasteiger partial charge in [-0.15, -0.1) is 9.81 Å². The lowest BCUT2D eigenvalue weighted by Crippen LogP contribution is -2.24. The van der Waals surface area contributed by atoms with Crippen LogP contribution in [0.4, 0.5) is 0 Å². The van der Waals surface area contributed by atoms with Gasteiger partial charge in [0.1, 0.15) is 0 Å². The van der Waals surface area contributed by atoms with Crippen LogP contribution in [-0.2, 0) is 14.4 Å². The maximum atomic E-state index is 10.7. The molecule has 2 unspecified atom stereocenters. The van der Waals surface area contributed by atoms with Crippen molar-refractivity contribution in [2.24, 2.45) is 10.4 Å². The number of ketones is 3. The van der Waals surface area contributed by atoms with E-state index in [1.807, 2.05) is 0 Å². The van der Waals surface area contributed by atoms with Gasteiger partial charge in [-0.25, -0.2) is 0 Å². The summed E-state index contributed by atoms with van der Waals surface area (Å²) in [6, 6.07) is -3.50. The highest BCUT2D eigenvalue weighted by Gasteiger charge is 2.51. The van der Waals surface area contributed by atoms with Crippen LogP contribution in [0.15, 0.2) is 10.4 Å². The number of carbonyl (C=O) groups excluding carboxylic acids is 3. The zero-order valence-electron chi connectivity index (χ0n) is 5.59. The predicted molar refractivity (Wildman–Crippen MR) is 34.2 cm³/mol. The predicted octanol–water partition coefficient (Wildman–Crippen LogP) is -1.02. The van der Waals surface area contributed by atoms with Crippen molar-refractivity contribution < 1.29 is 14.4 Å². The summed E-state index contributed by atoms with van der Waals surface area (Å²) < 4.78 is 0. The fourth-order valence-electron chi connectivity index (χ4n) is 0.888. The van der Waals surface area contributed by atoms with E-state index in [2.05, 4.69) is 10.4 Å². The summed E-state index contributed by atoms with van der Waals surface area (Å²) in [7, 11) is 0. The molecular weight excluding hydrogens is 168 g/mol.